The van der Waals surface area contributed by atoms with Crippen LogP contribution in [0.25, 0.3) is 5.76 Å². The average Bonchev–Trinajstić information content (AvgIpc) is 3.27. The van der Waals surface area contributed by atoms with E-state index in [1.54, 1.807) is 24.3 Å². The molecule has 0 aliphatic heterocycles. The Hall–Kier alpha value is -3.48. The van der Waals surface area contributed by atoms with E-state index < -0.39 is 5.78 Å². The number of aliphatic hydroxyl groups excluding tert-OH is 1. The van der Waals surface area contributed by atoms with Crippen molar-refractivity contribution in [1.29, 1.82) is 0 Å². The summed E-state index contributed by atoms with van der Waals surface area (Å²) in [5.41, 5.74) is 1.60. The van der Waals surface area contributed by atoms with E-state index in [1.165, 1.54) is 13.3 Å². The van der Waals surface area contributed by atoms with Gasteiger partial charge in [-0.05, 0) is 24.6 Å². The molecule has 126 valence electrons. The number of aliphatic hydroxyl groups is 1. The lowest BCUT2D eigenvalue weighted by atomic mass is 10.1. The Balaban J connectivity index is 1.70. The lowest BCUT2D eigenvalue weighted by Gasteiger charge is -2.00. The largest absolute Gasteiger partial charge is 0.504 e. The minimum Gasteiger partial charge on any atom is -0.504 e. The summed E-state index contributed by atoms with van der Waals surface area (Å²) in [6.07, 6.45) is 2.74. The Morgan fingerprint density at radius 2 is 1.96 bits per heavy atom. The maximum atomic E-state index is 12.1. The maximum Gasteiger partial charge on any atom is 0.224 e. The zero-order chi connectivity index (χ0) is 17.8. The number of H-pyrrole nitrogens is 1. The van der Waals surface area contributed by atoms with Crippen molar-refractivity contribution in [1.82, 2.24) is 15.2 Å². The van der Waals surface area contributed by atoms with Gasteiger partial charge in [-0.2, -0.15) is 5.10 Å². The molecule has 3 rings (SSSR count). The van der Waals surface area contributed by atoms with Crippen molar-refractivity contribution in [3.8, 4) is 0 Å². The SMILES string of the molecule is CC(=O)c1ccc(Cc2ccc(C(=O)C=C(O)c3ncn[nH]3)o2)cc1. The molecule has 7 nitrogen and oxygen atoms in total. The first kappa shape index (κ1) is 16.4. The molecule has 0 amide bonds. The summed E-state index contributed by atoms with van der Waals surface area (Å²) >= 11 is 0. The molecule has 0 saturated heterocycles. The number of Topliss-reactive ketones (excluding diaryl/α,β-unsaturated/α-hetero) is 1. The van der Waals surface area contributed by atoms with Gasteiger partial charge in [0.1, 0.15) is 12.1 Å². The number of hydrogen-bond donors (Lipinski definition) is 2. The molecule has 0 unspecified atom stereocenters. The number of ketones is 2. The zero-order valence-electron chi connectivity index (χ0n) is 13.4. The van der Waals surface area contributed by atoms with Crippen LogP contribution in [0.2, 0.25) is 0 Å². The molecule has 0 bridgehead atoms. The predicted molar refractivity (Wildman–Crippen MR) is 89.3 cm³/mol. The quantitative estimate of drug-likeness (QED) is 0.406. The fraction of sp³-hybridized carbons (Fsp3) is 0.111. The molecule has 0 saturated carbocycles. The summed E-state index contributed by atoms with van der Waals surface area (Å²) < 4.78 is 5.53. The number of allylic oxidation sites excluding steroid dienone is 1. The predicted octanol–water partition coefficient (Wildman–Crippen LogP) is 2.97. The molecule has 7 heteroatoms. The van der Waals surface area contributed by atoms with Crippen LogP contribution in [0, 0.1) is 0 Å². The summed E-state index contributed by atoms with van der Waals surface area (Å²) in [5.74, 6) is 0.0294. The van der Waals surface area contributed by atoms with Gasteiger partial charge in [0.25, 0.3) is 0 Å². The highest BCUT2D eigenvalue weighted by Crippen LogP contribution is 2.16. The summed E-state index contributed by atoms with van der Waals surface area (Å²) in [6, 6.07) is 10.4. The van der Waals surface area contributed by atoms with Crippen molar-refractivity contribution >= 4 is 17.3 Å². The van der Waals surface area contributed by atoms with Crippen LogP contribution in [-0.4, -0.2) is 31.9 Å². The van der Waals surface area contributed by atoms with E-state index in [-0.39, 0.29) is 23.1 Å². The van der Waals surface area contributed by atoms with Crippen LogP contribution in [0.3, 0.4) is 0 Å². The summed E-state index contributed by atoms with van der Waals surface area (Å²) in [7, 11) is 0. The Kier molecular flexibility index (Phi) is 4.56. The van der Waals surface area contributed by atoms with Crippen LogP contribution in [0.5, 0.6) is 0 Å². The number of furan rings is 1. The number of carbonyl (C=O) groups excluding carboxylic acids is 2. The first-order valence-corrected chi connectivity index (χ1v) is 7.52. The second kappa shape index (κ2) is 6.96. The molecule has 0 radical (unpaired) electrons. The number of nitrogens with zero attached hydrogens (tertiary/aromatic N) is 2. The molecular formula is C18H15N3O4. The molecule has 2 N–H and O–H groups in total. The van der Waals surface area contributed by atoms with Gasteiger partial charge in [-0.1, -0.05) is 24.3 Å². The first-order valence-electron chi connectivity index (χ1n) is 7.52. The molecule has 3 aromatic rings. The maximum absolute atomic E-state index is 12.1. The average molecular weight is 337 g/mol. The Labute approximate surface area is 143 Å². The molecule has 2 aromatic heterocycles. The minimum atomic E-state index is -0.480. The van der Waals surface area contributed by atoms with E-state index in [4.69, 9.17) is 4.42 Å². The van der Waals surface area contributed by atoms with Crippen molar-refractivity contribution in [2.24, 2.45) is 0 Å². The zero-order valence-corrected chi connectivity index (χ0v) is 13.4. The third kappa shape index (κ3) is 3.89. The van der Waals surface area contributed by atoms with Crippen molar-refractivity contribution in [2.45, 2.75) is 13.3 Å². The number of rotatable bonds is 6. The Bertz CT molecular complexity index is 922. The number of aromatic amines is 1. The molecule has 0 fully saturated rings. The normalized spacial score (nSPS) is 11.5. The van der Waals surface area contributed by atoms with Gasteiger partial charge in [-0.15, -0.1) is 0 Å². The molecule has 0 spiro atoms. The van der Waals surface area contributed by atoms with Gasteiger partial charge in [0.05, 0.1) is 0 Å². The summed E-state index contributed by atoms with van der Waals surface area (Å²) in [6.45, 7) is 1.52. The smallest absolute Gasteiger partial charge is 0.224 e. The summed E-state index contributed by atoms with van der Waals surface area (Å²) in [4.78, 5) is 27.1. The fourth-order valence-corrected chi connectivity index (χ4v) is 2.26. The van der Waals surface area contributed by atoms with Crippen LogP contribution in [0.4, 0.5) is 0 Å². The molecule has 0 aliphatic carbocycles. The van der Waals surface area contributed by atoms with Crippen LogP contribution in [0.15, 0.2) is 53.2 Å². The molecule has 0 aliphatic rings. The van der Waals surface area contributed by atoms with Crippen LogP contribution in [0.1, 0.15) is 45.0 Å². The van der Waals surface area contributed by atoms with Crippen molar-refractivity contribution in [2.75, 3.05) is 0 Å². The van der Waals surface area contributed by atoms with Crippen LogP contribution >= 0.6 is 0 Å². The van der Waals surface area contributed by atoms with Crippen LogP contribution < -0.4 is 0 Å². The van der Waals surface area contributed by atoms with Crippen molar-refractivity contribution in [3.05, 3.63) is 77.3 Å². The number of nitrogens with one attached hydrogen (secondary N) is 1. The van der Waals surface area contributed by atoms with E-state index in [0.29, 0.717) is 17.7 Å². The monoisotopic (exact) mass is 337 g/mol. The standard InChI is InChI=1S/C18H15N3O4/c1-11(22)13-4-2-12(3-5-13)8-14-6-7-17(25-14)15(23)9-16(24)18-19-10-20-21-18/h2-7,9-10,24H,8H2,1H3,(H,19,20,21). The number of hydrogen-bond acceptors (Lipinski definition) is 6. The number of benzene rings is 1. The van der Waals surface area contributed by atoms with E-state index in [0.717, 1.165) is 11.6 Å². The van der Waals surface area contributed by atoms with Gasteiger partial charge in [0.2, 0.25) is 5.78 Å². The minimum absolute atomic E-state index is 0.00998. The topological polar surface area (TPSA) is 109 Å². The lowest BCUT2D eigenvalue weighted by molar-refractivity contribution is 0.101. The van der Waals surface area contributed by atoms with Crippen molar-refractivity contribution in [3.63, 3.8) is 0 Å². The van der Waals surface area contributed by atoms with Gasteiger partial charge >= 0.3 is 0 Å². The second-order valence-electron chi connectivity index (χ2n) is 5.42. The van der Waals surface area contributed by atoms with Gasteiger partial charge in [0, 0.05) is 18.1 Å². The number of aromatic nitrogens is 3. The van der Waals surface area contributed by atoms with Gasteiger partial charge in [-0.3, -0.25) is 14.7 Å². The molecule has 2 heterocycles. The van der Waals surface area contributed by atoms with Crippen LogP contribution in [-0.2, 0) is 6.42 Å². The second-order valence-corrected chi connectivity index (χ2v) is 5.42. The fourth-order valence-electron chi connectivity index (χ4n) is 2.26. The van der Waals surface area contributed by atoms with E-state index >= 15 is 0 Å². The first-order chi connectivity index (χ1) is 12.0. The highest BCUT2D eigenvalue weighted by atomic mass is 16.3. The van der Waals surface area contributed by atoms with Gasteiger partial charge < -0.3 is 9.52 Å². The van der Waals surface area contributed by atoms with E-state index in [2.05, 4.69) is 15.2 Å². The highest BCUT2D eigenvalue weighted by molar-refractivity contribution is 6.05. The Morgan fingerprint density at radius 1 is 1.20 bits per heavy atom. The van der Waals surface area contributed by atoms with E-state index in [9.17, 15) is 14.7 Å². The van der Waals surface area contributed by atoms with Crippen molar-refractivity contribution < 1.29 is 19.1 Å². The third-order valence-electron chi connectivity index (χ3n) is 3.57. The Morgan fingerprint density at radius 3 is 2.60 bits per heavy atom. The summed E-state index contributed by atoms with van der Waals surface area (Å²) in [5, 5.41) is 15.8. The lowest BCUT2D eigenvalue weighted by Crippen LogP contribution is -1.96. The molecule has 25 heavy (non-hydrogen) atoms. The third-order valence-corrected chi connectivity index (χ3v) is 3.57. The molecule has 0 atom stereocenters. The number of carbonyl (C=O) groups is 2. The molecular weight excluding hydrogens is 322 g/mol. The highest BCUT2D eigenvalue weighted by Gasteiger charge is 2.12. The van der Waals surface area contributed by atoms with Gasteiger partial charge in [-0.25, -0.2) is 4.98 Å². The van der Waals surface area contributed by atoms with Gasteiger partial charge in [0.15, 0.2) is 23.1 Å². The van der Waals surface area contributed by atoms with E-state index in [1.807, 2.05) is 12.1 Å². The molecule has 1 aromatic carbocycles.